The van der Waals surface area contributed by atoms with Crippen LogP contribution in [0.15, 0.2) is 18.3 Å². The Morgan fingerprint density at radius 1 is 1.56 bits per heavy atom. The summed E-state index contributed by atoms with van der Waals surface area (Å²) in [5, 5.41) is 13.2. The molecule has 0 amide bonds. The molecular weight excluding hydrogens is 204 g/mol. The van der Waals surface area contributed by atoms with Crippen molar-refractivity contribution in [1.82, 2.24) is 4.98 Å². The van der Waals surface area contributed by atoms with E-state index in [9.17, 15) is 5.11 Å². The summed E-state index contributed by atoms with van der Waals surface area (Å²) in [5.41, 5.74) is 0.230. The highest BCUT2D eigenvalue weighted by molar-refractivity contribution is 5.45. The second-order valence-corrected chi connectivity index (χ2v) is 4.19. The maximum atomic E-state index is 9.99. The van der Waals surface area contributed by atoms with Crippen LogP contribution in [0.5, 0.6) is 5.88 Å². The number of ether oxygens (including phenoxy) is 1. The van der Waals surface area contributed by atoms with E-state index in [0.29, 0.717) is 12.4 Å². The molecule has 0 aliphatic heterocycles. The predicted octanol–water partition coefficient (Wildman–Crippen LogP) is 2.05. The van der Waals surface area contributed by atoms with Crippen LogP contribution < -0.4 is 10.1 Å². The van der Waals surface area contributed by atoms with Crippen molar-refractivity contribution in [1.29, 1.82) is 0 Å². The van der Waals surface area contributed by atoms with E-state index in [0.717, 1.165) is 18.5 Å². The van der Waals surface area contributed by atoms with Crippen molar-refractivity contribution in [2.75, 3.05) is 19.0 Å². The van der Waals surface area contributed by atoms with Crippen molar-refractivity contribution in [3.8, 4) is 5.88 Å². The van der Waals surface area contributed by atoms with Crippen LogP contribution in [0, 0.1) is 0 Å². The molecule has 1 aromatic rings. The number of aliphatic hydroxyl groups is 1. The van der Waals surface area contributed by atoms with Crippen LogP contribution in [-0.4, -0.2) is 29.3 Å². The third-order valence-corrected chi connectivity index (χ3v) is 2.41. The summed E-state index contributed by atoms with van der Waals surface area (Å²) in [6.45, 7) is 4.42. The molecule has 1 atom stereocenters. The summed E-state index contributed by atoms with van der Waals surface area (Å²) in [6, 6.07) is 3.66. The minimum atomic E-state index is -0.675. The summed E-state index contributed by atoms with van der Waals surface area (Å²) < 4.78 is 5.02. The molecule has 0 saturated carbocycles. The fourth-order valence-corrected chi connectivity index (χ4v) is 1.55. The highest BCUT2D eigenvalue weighted by Crippen LogP contribution is 2.16. The van der Waals surface area contributed by atoms with E-state index in [2.05, 4.69) is 17.2 Å². The molecule has 0 aliphatic carbocycles. The first-order chi connectivity index (χ1) is 7.57. The molecule has 0 radical (unpaired) electrons. The molecule has 0 saturated heterocycles. The molecule has 0 spiro atoms. The van der Waals surface area contributed by atoms with Crippen LogP contribution >= 0.6 is 0 Å². The molecule has 90 valence electrons. The van der Waals surface area contributed by atoms with Crippen molar-refractivity contribution >= 4 is 5.69 Å². The lowest BCUT2D eigenvalue weighted by atomic mass is 10.0. The fourth-order valence-electron chi connectivity index (χ4n) is 1.55. The van der Waals surface area contributed by atoms with Gasteiger partial charge in [-0.15, -0.1) is 0 Å². The molecular formula is C12H20N2O2. The van der Waals surface area contributed by atoms with Crippen LogP contribution in [-0.2, 0) is 0 Å². The zero-order chi connectivity index (χ0) is 12.0. The molecule has 16 heavy (non-hydrogen) atoms. The van der Waals surface area contributed by atoms with Crippen LogP contribution in [0.1, 0.15) is 26.7 Å². The van der Waals surface area contributed by atoms with E-state index < -0.39 is 5.60 Å². The second-order valence-electron chi connectivity index (χ2n) is 4.19. The second kappa shape index (κ2) is 5.70. The highest BCUT2D eigenvalue weighted by atomic mass is 16.5. The number of rotatable bonds is 6. The van der Waals surface area contributed by atoms with Gasteiger partial charge >= 0.3 is 0 Å². The maximum absolute atomic E-state index is 9.99. The van der Waals surface area contributed by atoms with Crippen molar-refractivity contribution in [2.45, 2.75) is 32.3 Å². The van der Waals surface area contributed by atoms with Gasteiger partial charge in [0, 0.05) is 24.5 Å². The molecule has 0 fully saturated rings. The van der Waals surface area contributed by atoms with E-state index in [4.69, 9.17) is 4.74 Å². The van der Waals surface area contributed by atoms with Gasteiger partial charge in [0.15, 0.2) is 0 Å². The monoisotopic (exact) mass is 224 g/mol. The molecule has 4 nitrogen and oxygen atoms in total. The van der Waals surface area contributed by atoms with Gasteiger partial charge in [-0.2, -0.15) is 0 Å². The molecule has 2 N–H and O–H groups in total. The van der Waals surface area contributed by atoms with Crippen LogP contribution in [0.4, 0.5) is 5.69 Å². The number of aromatic nitrogens is 1. The molecule has 0 aliphatic rings. The highest BCUT2D eigenvalue weighted by Gasteiger charge is 2.18. The minimum absolute atomic E-state index is 0.522. The molecule has 0 aromatic carbocycles. The van der Waals surface area contributed by atoms with E-state index in [-0.39, 0.29) is 0 Å². The molecule has 1 heterocycles. The quantitative estimate of drug-likeness (QED) is 0.776. The first-order valence-electron chi connectivity index (χ1n) is 5.53. The van der Waals surface area contributed by atoms with Crippen LogP contribution in [0.3, 0.4) is 0 Å². The average Bonchev–Trinajstić information content (AvgIpc) is 2.27. The summed E-state index contributed by atoms with van der Waals surface area (Å²) in [7, 11) is 1.58. The smallest absolute Gasteiger partial charge is 0.214 e. The first-order valence-corrected chi connectivity index (χ1v) is 5.53. The van der Waals surface area contributed by atoms with Crippen molar-refractivity contribution in [2.24, 2.45) is 0 Å². The van der Waals surface area contributed by atoms with E-state index in [1.54, 1.807) is 13.3 Å². The van der Waals surface area contributed by atoms with Gasteiger partial charge in [-0.3, -0.25) is 0 Å². The van der Waals surface area contributed by atoms with Gasteiger partial charge in [-0.1, -0.05) is 13.3 Å². The molecule has 1 unspecified atom stereocenters. The van der Waals surface area contributed by atoms with E-state index in [1.165, 1.54) is 0 Å². The van der Waals surface area contributed by atoms with Gasteiger partial charge in [0.1, 0.15) is 0 Å². The van der Waals surface area contributed by atoms with Gasteiger partial charge in [-0.25, -0.2) is 4.98 Å². The summed E-state index contributed by atoms with van der Waals surface area (Å²) in [6.07, 6.45) is 3.42. The molecule has 4 heteroatoms. The number of hydrogen-bond donors (Lipinski definition) is 2. The van der Waals surface area contributed by atoms with E-state index in [1.807, 2.05) is 19.1 Å². The lowest BCUT2D eigenvalue weighted by molar-refractivity contribution is 0.0637. The Kier molecular flexibility index (Phi) is 4.55. The number of nitrogens with zero attached hydrogens (tertiary/aromatic N) is 1. The third-order valence-electron chi connectivity index (χ3n) is 2.41. The van der Waals surface area contributed by atoms with Gasteiger partial charge in [0.25, 0.3) is 0 Å². The lowest BCUT2D eigenvalue weighted by Crippen LogP contribution is -2.33. The third kappa shape index (κ3) is 4.06. The van der Waals surface area contributed by atoms with Crippen molar-refractivity contribution < 1.29 is 9.84 Å². The Morgan fingerprint density at radius 3 is 2.94 bits per heavy atom. The number of pyridine rings is 1. The molecule has 1 aromatic heterocycles. The zero-order valence-corrected chi connectivity index (χ0v) is 10.2. The number of hydrogen-bond acceptors (Lipinski definition) is 4. The fraction of sp³-hybridized carbons (Fsp3) is 0.583. The number of methoxy groups -OCH3 is 1. The van der Waals surface area contributed by atoms with Crippen LogP contribution in [0.2, 0.25) is 0 Å². The number of anilines is 1. The normalized spacial score (nSPS) is 14.2. The largest absolute Gasteiger partial charge is 0.481 e. The standard InChI is InChI=1S/C12H20N2O2/c1-4-6-12(2,15)9-14-10-5-7-13-11(8-10)16-3/h5,7-8,15H,4,6,9H2,1-3H3,(H,13,14). The Balaban J connectivity index is 2.53. The topological polar surface area (TPSA) is 54.4 Å². The van der Waals surface area contributed by atoms with E-state index >= 15 is 0 Å². The van der Waals surface area contributed by atoms with Crippen molar-refractivity contribution in [3.63, 3.8) is 0 Å². The molecule has 0 bridgehead atoms. The molecule has 1 rings (SSSR count). The Hall–Kier alpha value is -1.29. The Morgan fingerprint density at radius 2 is 2.31 bits per heavy atom. The first kappa shape index (κ1) is 12.8. The SMILES string of the molecule is CCCC(C)(O)CNc1ccnc(OC)c1. The predicted molar refractivity (Wildman–Crippen MR) is 64.8 cm³/mol. The van der Waals surface area contributed by atoms with Crippen LogP contribution in [0.25, 0.3) is 0 Å². The summed E-state index contributed by atoms with van der Waals surface area (Å²) in [4.78, 5) is 4.01. The maximum Gasteiger partial charge on any atom is 0.214 e. The summed E-state index contributed by atoms with van der Waals surface area (Å²) in [5.74, 6) is 0.570. The Bertz CT molecular complexity index is 327. The summed E-state index contributed by atoms with van der Waals surface area (Å²) >= 11 is 0. The number of nitrogens with one attached hydrogen (secondary N) is 1. The van der Waals surface area contributed by atoms with Gasteiger partial charge in [-0.05, 0) is 19.4 Å². The van der Waals surface area contributed by atoms with Gasteiger partial charge < -0.3 is 15.2 Å². The zero-order valence-electron chi connectivity index (χ0n) is 10.2. The lowest BCUT2D eigenvalue weighted by Gasteiger charge is -2.23. The van der Waals surface area contributed by atoms with Crippen molar-refractivity contribution in [3.05, 3.63) is 18.3 Å². The van der Waals surface area contributed by atoms with Gasteiger partial charge in [0.2, 0.25) is 5.88 Å². The minimum Gasteiger partial charge on any atom is -0.481 e. The average molecular weight is 224 g/mol. The van der Waals surface area contributed by atoms with Gasteiger partial charge in [0.05, 0.1) is 12.7 Å². The Labute approximate surface area is 96.7 Å².